The van der Waals surface area contributed by atoms with Gasteiger partial charge in [0, 0.05) is 6.42 Å². The molecule has 0 aliphatic carbocycles. The van der Waals surface area contributed by atoms with E-state index in [1.807, 2.05) is 34.6 Å². The minimum atomic E-state index is -0.554. The van der Waals surface area contributed by atoms with Crippen LogP contribution in [-0.4, -0.2) is 23.4 Å². The number of carbonyl (C=O) groups excluding carboxylic acids is 1. The molecule has 0 aromatic heterocycles. The minimum absolute atomic E-state index is 0.317. The molecule has 1 unspecified atom stereocenters. The van der Waals surface area contributed by atoms with E-state index in [1.54, 1.807) is 0 Å². The molecular formula is C11H19NO3. The Morgan fingerprint density at radius 2 is 2.13 bits per heavy atom. The molecule has 4 nitrogen and oxygen atoms in total. The molecule has 1 aliphatic rings. The van der Waals surface area contributed by atoms with Gasteiger partial charge >= 0.3 is 5.97 Å². The summed E-state index contributed by atoms with van der Waals surface area (Å²) in [4.78, 5) is 16.7. The van der Waals surface area contributed by atoms with Gasteiger partial charge in [-0.05, 0) is 26.7 Å². The molecule has 4 heteroatoms. The smallest absolute Gasteiger partial charge is 0.351 e. The van der Waals surface area contributed by atoms with E-state index in [9.17, 15) is 4.79 Å². The molecule has 0 fully saturated rings. The third kappa shape index (κ3) is 3.53. The molecule has 0 spiro atoms. The van der Waals surface area contributed by atoms with Crippen molar-refractivity contribution in [3.05, 3.63) is 0 Å². The number of rotatable bonds is 2. The predicted octanol–water partition coefficient (Wildman–Crippen LogP) is 2.13. The van der Waals surface area contributed by atoms with Gasteiger partial charge < -0.3 is 9.57 Å². The summed E-state index contributed by atoms with van der Waals surface area (Å²) in [6.45, 7) is 9.57. The highest BCUT2D eigenvalue weighted by atomic mass is 16.7. The van der Waals surface area contributed by atoms with Crippen molar-refractivity contribution in [2.24, 2.45) is 11.1 Å². The lowest BCUT2D eigenvalue weighted by atomic mass is 10.0. The fourth-order valence-corrected chi connectivity index (χ4v) is 1.23. The average Bonchev–Trinajstić information content (AvgIpc) is 2.47. The minimum Gasteiger partial charge on any atom is -0.457 e. The van der Waals surface area contributed by atoms with E-state index in [0.717, 1.165) is 5.71 Å². The molecule has 0 bridgehead atoms. The van der Waals surface area contributed by atoms with E-state index in [2.05, 4.69) is 5.16 Å². The monoisotopic (exact) mass is 213 g/mol. The molecule has 0 aromatic carbocycles. The van der Waals surface area contributed by atoms with Crippen LogP contribution in [0.1, 0.15) is 41.0 Å². The first-order valence-corrected chi connectivity index (χ1v) is 5.25. The van der Waals surface area contributed by atoms with Crippen LogP contribution in [0.5, 0.6) is 0 Å². The van der Waals surface area contributed by atoms with Crippen LogP contribution < -0.4 is 0 Å². The number of carbonyl (C=O) groups is 1. The first-order valence-electron chi connectivity index (χ1n) is 5.25. The normalized spacial score (nSPS) is 21.2. The molecule has 0 radical (unpaired) electrons. The second-order valence-corrected chi connectivity index (χ2v) is 5.07. The van der Waals surface area contributed by atoms with Crippen LogP contribution in [0.3, 0.4) is 0 Å². The molecule has 15 heavy (non-hydrogen) atoms. The summed E-state index contributed by atoms with van der Waals surface area (Å²) in [6.07, 6.45) is -0.00586. The fourth-order valence-electron chi connectivity index (χ4n) is 1.23. The fraction of sp³-hybridized carbons (Fsp3) is 0.818. The van der Waals surface area contributed by atoms with E-state index in [-0.39, 0.29) is 5.97 Å². The van der Waals surface area contributed by atoms with E-state index in [4.69, 9.17) is 9.57 Å². The Labute approximate surface area is 90.6 Å². The van der Waals surface area contributed by atoms with Crippen LogP contribution in [0.25, 0.3) is 0 Å². The molecular weight excluding hydrogens is 194 g/mol. The first-order chi connectivity index (χ1) is 6.79. The molecule has 1 atom stereocenters. The third-order valence-electron chi connectivity index (χ3n) is 2.03. The van der Waals surface area contributed by atoms with Gasteiger partial charge in [0.05, 0.1) is 5.71 Å². The number of ether oxygens (including phenoxy) is 1. The zero-order valence-corrected chi connectivity index (χ0v) is 10.0. The zero-order valence-electron chi connectivity index (χ0n) is 10.0. The Morgan fingerprint density at radius 1 is 1.53 bits per heavy atom. The van der Waals surface area contributed by atoms with Crippen molar-refractivity contribution in [2.45, 2.75) is 52.7 Å². The SMILES string of the molecule is CC(C)C1=NOC(C(=O)OC(C)(C)C)C1. The van der Waals surface area contributed by atoms with Crippen molar-refractivity contribution in [3.63, 3.8) is 0 Å². The second kappa shape index (κ2) is 4.21. The van der Waals surface area contributed by atoms with Crippen molar-refractivity contribution >= 4 is 11.7 Å². The number of esters is 1. The summed E-state index contributed by atoms with van der Waals surface area (Å²) in [6, 6.07) is 0. The predicted molar refractivity (Wildman–Crippen MR) is 57.6 cm³/mol. The molecule has 0 amide bonds. The first kappa shape index (κ1) is 12.0. The third-order valence-corrected chi connectivity index (χ3v) is 2.03. The Balaban J connectivity index is 2.47. The molecule has 0 saturated heterocycles. The van der Waals surface area contributed by atoms with Crippen LogP contribution >= 0.6 is 0 Å². The summed E-state index contributed by atoms with van der Waals surface area (Å²) in [5.74, 6) is -0.0145. The Morgan fingerprint density at radius 3 is 2.53 bits per heavy atom. The maximum Gasteiger partial charge on any atom is 0.351 e. The van der Waals surface area contributed by atoms with Gasteiger partial charge in [-0.2, -0.15) is 0 Å². The molecule has 0 aromatic rings. The Kier molecular flexibility index (Phi) is 3.37. The van der Waals surface area contributed by atoms with E-state index < -0.39 is 11.7 Å². The number of nitrogens with zero attached hydrogens (tertiary/aromatic N) is 1. The molecule has 0 saturated carbocycles. The van der Waals surface area contributed by atoms with E-state index >= 15 is 0 Å². The van der Waals surface area contributed by atoms with Crippen LogP contribution in [0.2, 0.25) is 0 Å². The summed E-state index contributed by atoms with van der Waals surface area (Å²) < 4.78 is 5.21. The van der Waals surface area contributed by atoms with Gasteiger partial charge in [0.2, 0.25) is 6.10 Å². The second-order valence-electron chi connectivity index (χ2n) is 5.07. The van der Waals surface area contributed by atoms with Gasteiger partial charge in [-0.3, -0.25) is 0 Å². The highest BCUT2D eigenvalue weighted by Crippen LogP contribution is 2.19. The quantitative estimate of drug-likeness (QED) is 0.660. The summed E-state index contributed by atoms with van der Waals surface area (Å²) in [5.41, 5.74) is 0.451. The molecule has 1 rings (SSSR count). The van der Waals surface area contributed by atoms with Gasteiger partial charge in [-0.25, -0.2) is 4.79 Å². The van der Waals surface area contributed by atoms with Crippen LogP contribution in [-0.2, 0) is 14.4 Å². The number of hydrogen-bond donors (Lipinski definition) is 0. The van der Waals surface area contributed by atoms with Crippen molar-refractivity contribution in [2.75, 3.05) is 0 Å². The van der Waals surface area contributed by atoms with Crippen LogP contribution in [0.4, 0.5) is 0 Å². The summed E-state index contributed by atoms with van der Waals surface area (Å²) in [5, 5.41) is 3.88. The maximum atomic E-state index is 11.6. The molecule has 86 valence electrons. The molecule has 1 aliphatic heterocycles. The van der Waals surface area contributed by atoms with Gasteiger partial charge in [-0.15, -0.1) is 0 Å². The lowest BCUT2D eigenvalue weighted by Gasteiger charge is -2.21. The Hall–Kier alpha value is -1.06. The van der Waals surface area contributed by atoms with E-state index in [1.165, 1.54) is 0 Å². The van der Waals surface area contributed by atoms with Gasteiger partial charge in [0.15, 0.2) is 0 Å². The molecule has 0 N–H and O–H groups in total. The van der Waals surface area contributed by atoms with Crippen LogP contribution in [0, 0.1) is 5.92 Å². The molecule has 1 heterocycles. The number of oxime groups is 1. The van der Waals surface area contributed by atoms with E-state index in [0.29, 0.717) is 12.3 Å². The largest absolute Gasteiger partial charge is 0.457 e. The Bertz CT molecular complexity index is 276. The van der Waals surface area contributed by atoms with Gasteiger partial charge in [0.25, 0.3) is 0 Å². The number of hydrogen-bond acceptors (Lipinski definition) is 4. The van der Waals surface area contributed by atoms with Gasteiger partial charge in [-0.1, -0.05) is 19.0 Å². The van der Waals surface area contributed by atoms with Crippen molar-refractivity contribution in [1.82, 2.24) is 0 Å². The maximum absolute atomic E-state index is 11.6. The summed E-state index contributed by atoms with van der Waals surface area (Å²) >= 11 is 0. The lowest BCUT2D eigenvalue weighted by Crippen LogP contribution is -2.32. The van der Waals surface area contributed by atoms with Crippen LogP contribution in [0.15, 0.2) is 5.16 Å². The van der Waals surface area contributed by atoms with Gasteiger partial charge in [0.1, 0.15) is 5.60 Å². The van der Waals surface area contributed by atoms with Crippen molar-refractivity contribution < 1.29 is 14.4 Å². The standard InChI is InChI=1S/C11H19NO3/c1-7(2)8-6-9(15-12-8)10(13)14-11(3,4)5/h7,9H,6H2,1-5H3. The topological polar surface area (TPSA) is 47.9 Å². The highest BCUT2D eigenvalue weighted by Gasteiger charge is 2.32. The van der Waals surface area contributed by atoms with Crippen molar-refractivity contribution in [3.8, 4) is 0 Å². The average molecular weight is 213 g/mol. The zero-order chi connectivity index (χ0) is 11.6. The lowest BCUT2D eigenvalue weighted by molar-refractivity contribution is -0.166. The summed E-state index contributed by atoms with van der Waals surface area (Å²) in [7, 11) is 0. The highest BCUT2D eigenvalue weighted by molar-refractivity contribution is 5.92. The van der Waals surface area contributed by atoms with Crippen molar-refractivity contribution in [1.29, 1.82) is 0 Å².